The molecule has 3 aromatic heterocycles. The predicted octanol–water partition coefficient (Wildman–Crippen LogP) is 8.94. The standard InChI is InChI=1S/C35H23N3/c1-2-8-24(9-3-1)25-14-16-26(17-15-25)37-30-12-6-4-10-28(30)34-32(37)18-19-33-35(34)29-11-5-7-13-31(29)38(33)27-20-22-36-23-21-27/h1-23H. The third kappa shape index (κ3) is 2.99. The van der Waals surface area contributed by atoms with Gasteiger partial charge in [0.2, 0.25) is 0 Å². The lowest BCUT2D eigenvalue weighted by atomic mass is 10.1. The van der Waals surface area contributed by atoms with E-state index in [4.69, 9.17) is 0 Å². The smallest absolute Gasteiger partial charge is 0.0548 e. The van der Waals surface area contributed by atoms with Crippen LogP contribution in [-0.4, -0.2) is 14.1 Å². The molecule has 0 N–H and O–H groups in total. The molecule has 38 heavy (non-hydrogen) atoms. The fraction of sp³-hybridized carbons (Fsp3) is 0. The first-order valence-electron chi connectivity index (χ1n) is 12.9. The lowest BCUT2D eigenvalue weighted by Crippen LogP contribution is -1.95. The maximum Gasteiger partial charge on any atom is 0.0548 e. The second-order valence-corrected chi connectivity index (χ2v) is 9.68. The summed E-state index contributed by atoms with van der Waals surface area (Å²) in [6, 6.07) is 45.6. The minimum absolute atomic E-state index is 1.12. The largest absolute Gasteiger partial charge is 0.309 e. The van der Waals surface area contributed by atoms with Gasteiger partial charge in [-0.15, -0.1) is 0 Å². The summed E-state index contributed by atoms with van der Waals surface area (Å²) in [6.07, 6.45) is 3.72. The zero-order valence-electron chi connectivity index (χ0n) is 20.6. The summed E-state index contributed by atoms with van der Waals surface area (Å²) in [5.74, 6) is 0. The predicted molar refractivity (Wildman–Crippen MR) is 158 cm³/mol. The average molecular weight is 486 g/mol. The highest BCUT2D eigenvalue weighted by molar-refractivity contribution is 6.28. The lowest BCUT2D eigenvalue weighted by Gasteiger charge is -2.10. The molecule has 0 bridgehead atoms. The maximum absolute atomic E-state index is 4.25. The van der Waals surface area contributed by atoms with E-state index in [0.29, 0.717) is 0 Å². The van der Waals surface area contributed by atoms with Crippen LogP contribution in [0, 0.1) is 0 Å². The Morgan fingerprint density at radius 3 is 1.42 bits per heavy atom. The Morgan fingerprint density at radius 1 is 0.368 bits per heavy atom. The van der Waals surface area contributed by atoms with Crippen molar-refractivity contribution < 1.29 is 0 Å². The van der Waals surface area contributed by atoms with Crippen LogP contribution in [0.15, 0.2) is 140 Å². The molecule has 0 amide bonds. The van der Waals surface area contributed by atoms with Gasteiger partial charge in [-0.2, -0.15) is 0 Å². The molecule has 0 aliphatic heterocycles. The number of para-hydroxylation sites is 2. The number of hydrogen-bond donors (Lipinski definition) is 0. The molecule has 3 heteroatoms. The van der Waals surface area contributed by atoms with Crippen molar-refractivity contribution in [1.82, 2.24) is 14.1 Å². The van der Waals surface area contributed by atoms with Gasteiger partial charge in [0.25, 0.3) is 0 Å². The first-order chi connectivity index (χ1) is 18.9. The monoisotopic (exact) mass is 485 g/mol. The van der Waals surface area contributed by atoms with Crippen LogP contribution in [0.5, 0.6) is 0 Å². The molecular formula is C35H23N3. The van der Waals surface area contributed by atoms with Gasteiger partial charge in [0.05, 0.1) is 22.1 Å². The minimum Gasteiger partial charge on any atom is -0.309 e. The zero-order valence-corrected chi connectivity index (χ0v) is 20.6. The van der Waals surface area contributed by atoms with E-state index in [0.717, 1.165) is 11.4 Å². The van der Waals surface area contributed by atoms with Gasteiger partial charge in [-0.3, -0.25) is 4.98 Å². The maximum atomic E-state index is 4.25. The fourth-order valence-corrected chi connectivity index (χ4v) is 6.00. The number of fused-ring (bicyclic) bond motifs is 7. The molecule has 3 nitrogen and oxygen atoms in total. The first-order valence-corrected chi connectivity index (χ1v) is 12.9. The zero-order chi connectivity index (χ0) is 25.1. The van der Waals surface area contributed by atoms with Crippen molar-refractivity contribution in [2.75, 3.05) is 0 Å². The van der Waals surface area contributed by atoms with Gasteiger partial charge in [0, 0.05) is 45.3 Å². The van der Waals surface area contributed by atoms with Crippen molar-refractivity contribution >= 4 is 43.6 Å². The summed E-state index contributed by atoms with van der Waals surface area (Å²) in [4.78, 5) is 4.25. The summed E-state index contributed by atoms with van der Waals surface area (Å²) in [6.45, 7) is 0. The third-order valence-electron chi connectivity index (χ3n) is 7.63. The summed E-state index contributed by atoms with van der Waals surface area (Å²) in [5, 5.41) is 5.09. The van der Waals surface area contributed by atoms with Crippen molar-refractivity contribution in [3.8, 4) is 22.5 Å². The van der Waals surface area contributed by atoms with Gasteiger partial charge >= 0.3 is 0 Å². The summed E-state index contributed by atoms with van der Waals surface area (Å²) in [7, 11) is 0. The molecule has 0 fully saturated rings. The highest BCUT2D eigenvalue weighted by atomic mass is 15.0. The molecule has 0 aliphatic rings. The van der Waals surface area contributed by atoms with Crippen LogP contribution < -0.4 is 0 Å². The Hall–Kier alpha value is -5.15. The van der Waals surface area contributed by atoms with Crippen LogP contribution >= 0.6 is 0 Å². The molecule has 0 aliphatic carbocycles. The third-order valence-corrected chi connectivity index (χ3v) is 7.63. The number of pyridine rings is 1. The van der Waals surface area contributed by atoms with Crippen LogP contribution in [0.3, 0.4) is 0 Å². The van der Waals surface area contributed by atoms with Crippen LogP contribution in [0.25, 0.3) is 66.1 Å². The summed E-state index contributed by atoms with van der Waals surface area (Å²) in [5.41, 5.74) is 9.55. The summed E-state index contributed by atoms with van der Waals surface area (Å²) < 4.78 is 4.75. The average Bonchev–Trinajstić information content (AvgIpc) is 3.51. The molecule has 0 unspecified atom stereocenters. The Kier molecular flexibility index (Phi) is 4.52. The van der Waals surface area contributed by atoms with Crippen molar-refractivity contribution in [2.24, 2.45) is 0 Å². The highest BCUT2D eigenvalue weighted by Crippen LogP contribution is 2.42. The van der Waals surface area contributed by atoms with Crippen LogP contribution in [0.1, 0.15) is 0 Å². The molecule has 0 atom stereocenters. The molecule has 8 aromatic rings. The molecule has 0 spiro atoms. The second-order valence-electron chi connectivity index (χ2n) is 9.68. The van der Waals surface area contributed by atoms with Gasteiger partial charge < -0.3 is 9.13 Å². The van der Waals surface area contributed by atoms with Crippen molar-refractivity contribution in [3.63, 3.8) is 0 Å². The number of rotatable bonds is 3. The number of benzene rings is 5. The molecule has 0 saturated heterocycles. The van der Waals surface area contributed by atoms with Crippen LogP contribution in [-0.2, 0) is 0 Å². The Bertz CT molecular complexity index is 2100. The SMILES string of the molecule is c1ccc(-c2ccc(-n3c4ccccc4c4c5c6ccccc6n(-c6ccncc6)c5ccc43)cc2)cc1. The normalized spacial score (nSPS) is 11.7. The topological polar surface area (TPSA) is 22.8 Å². The molecule has 5 aromatic carbocycles. The lowest BCUT2D eigenvalue weighted by molar-refractivity contribution is 1.15. The van der Waals surface area contributed by atoms with Crippen molar-refractivity contribution in [1.29, 1.82) is 0 Å². The molecule has 0 radical (unpaired) electrons. The van der Waals surface area contributed by atoms with E-state index in [1.54, 1.807) is 0 Å². The van der Waals surface area contributed by atoms with Crippen molar-refractivity contribution in [2.45, 2.75) is 0 Å². The van der Waals surface area contributed by atoms with Gasteiger partial charge in [-0.05, 0) is 59.7 Å². The highest BCUT2D eigenvalue weighted by Gasteiger charge is 2.20. The number of hydrogen-bond acceptors (Lipinski definition) is 1. The fourth-order valence-electron chi connectivity index (χ4n) is 6.00. The van der Waals surface area contributed by atoms with E-state index in [9.17, 15) is 0 Å². The van der Waals surface area contributed by atoms with Gasteiger partial charge in [0.15, 0.2) is 0 Å². The summed E-state index contributed by atoms with van der Waals surface area (Å²) >= 11 is 0. The van der Waals surface area contributed by atoms with E-state index in [-0.39, 0.29) is 0 Å². The van der Waals surface area contributed by atoms with Crippen LogP contribution in [0.4, 0.5) is 0 Å². The Morgan fingerprint density at radius 2 is 0.842 bits per heavy atom. The number of aromatic nitrogens is 3. The molecule has 8 rings (SSSR count). The van der Waals surface area contributed by atoms with E-state index < -0.39 is 0 Å². The van der Waals surface area contributed by atoms with E-state index in [1.165, 1.54) is 54.7 Å². The van der Waals surface area contributed by atoms with E-state index in [1.807, 2.05) is 12.4 Å². The van der Waals surface area contributed by atoms with Crippen molar-refractivity contribution in [3.05, 3.63) is 140 Å². The van der Waals surface area contributed by atoms with E-state index in [2.05, 4.69) is 142 Å². The van der Waals surface area contributed by atoms with Gasteiger partial charge in [-0.1, -0.05) is 78.9 Å². The van der Waals surface area contributed by atoms with Gasteiger partial charge in [-0.25, -0.2) is 0 Å². The molecule has 178 valence electrons. The van der Waals surface area contributed by atoms with Gasteiger partial charge in [0.1, 0.15) is 0 Å². The first kappa shape index (κ1) is 21.0. The Labute approximate surface area is 219 Å². The second kappa shape index (κ2) is 8.19. The molecular weight excluding hydrogens is 462 g/mol. The molecule has 3 heterocycles. The minimum atomic E-state index is 1.12. The molecule has 0 saturated carbocycles. The number of nitrogens with zero attached hydrogens (tertiary/aromatic N) is 3. The van der Waals surface area contributed by atoms with Crippen LogP contribution in [0.2, 0.25) is 0 Å². The quantitative estimate of drug-likeness (QED) is 0.245. The Balaban J connectivity index is 1.46. The van der Waals surface area contributed by atoms with E-state index >= 15 is 0 Å².